The fourth-order valence-corrected chi connectivity index (χ4v) is 0.877. The summed E-state index contributed by atoms with van der Waals surface area (Å²) in [7, 11) is 0. The molecule has 12 heavy (non-hydrogen) atoms. The van der Waals surface area contributed by atoms with Gasteiger partial charge in [0.25, 0.3) is 0 Å². The molecule has 0 fully saturated rings. The molecule has 0 aliphatic heterocycles. The van der Waals surface area contributed by atoms with Crippen molar-refractivity contribution >= 4 is 6.29 Å². The smallest absolute Gasteiger partial charge is 0.120 e. The highest BCUT2D eigenvalue weighted by molar-refractivity contribution is 5.49. The van der Waals surface area contributed by atoms with E-state index in [1.807, 2.05) is 0 Å². The van der Waals surface area contributed by atoms with E-state index in [1.165, 1.54) is 0 Å². The third-order valence-corrected chi connectivity index (χ3v) is 1.52. The quantitative estimate of drug-likeness (QED) is 0.322. The maximum absolute atomic E-state index is 9.93. The van der Waals surface area contributed by atoms with Crippen molar-refractivity contribution in [1.29, 1.82) is 0 Å². The highest BCUT2D eigenvalue weighted by Crippen LogP contribution is 1.96. The van der Waals surface area contributed by atoms with Gasteiger partial charge in [-0.15, -0.1) is 0 Å². The molecule has 1 heteroatoms. The molecule has 0 unspecified atom stereocenters. The number of hydrogen-bond donors (Lipinski definition) is 0. The van der Waals surface area contributed by atoms with Crippen LogP contribution in [0, 0.1) is 0 Å². The SMILES string of the molecule is CC/C=C\CC/C=C\CCC=O. The summed E-state index contributed by atoms with van der Waals surface area (Å²) >= 11 is 0. The van der Waals surface area contributed by atoms with Crippen LogP contribution in [0.3, 0.4) is 0 Å². The van der Waals surface area contributed by atoms with Crippen molar-refractivity contribution in [3.05, 3.63) is 24.3 Å². The van der Waals surface area contributed by atoms with E-state index in [2.05, 4.69) is 31.2 Å². The van der Waals surface area contributed by atoms with E-state index in [0.717, 1.165) is 32.0 Å². The van der Waals surface area contributed by atoms with Crippen LogP contribution in [0.4, 0.5) is 0 Å². The molecular weight excluding hydrogens is 148 g/mol. The Morgan fingerprint density at radius 2 is 1.33 bits per heavy atom. The third-order valence-electron chi connectivity index (χ3n) is 1.52. The van der Waals surface area contributed by atoms with Crippen molar-refractivity contribution in [3.8, 4) is 0 Å². The van der Waals surface area contributed by atoms with E-state index in [9.17, 15) is 4.79 Å². The summed E-state index contributed by atoms with van der Waals surface area (Å²) in [6.45, 7) is 2.14. The summed E-state index contributed by atoms with van der Waals surface area (Å²) in [5, 5.41) is 0. The fraction of sp³-hybridized carbons (Fsp3) is 0.545. The first kappa shape index (κ1) is 11.2. The summed E-state index contributed by atoms with van der Waals surface area (Å²) in [4.78, 5) is 9.93. The van der Waals surface area contributed by atoms with E-state index in [4.69, 9.17) is 0 Å². The molecule has 0 atom stereocenters. The van der Waals surface area contributed by atoms with E-state index < -0.39 is 0 Å². The molecule has 0 bridgehead atoms. The van der Waals surface area contributed by atoms with E-state index in [-0.39, 0.29) is 0 Å². The Hall–Kier alpha value is -0.850. The second-order valence-corrected chi connectivity index (χ2v) is 2.67. The Morgan fingerprint density at radius 3 is 1.83 bits per heavy atom. The molecule has 1 nitrogen and oxygen atoms in total. The monoisotopic (exact) mass is 166 g/mol. The number of unbranched alkanes of at least 4 members (excludes halogenated alkanes) is 2. The van der Waals surface area contributed by atoms with E-state index in [0.29, 0.717) is 6.42 Å². The largest absolute Gasteiger partial charge is 0.303 e. The number of aldehydes is 1. The minimum Gasteiger partial charge on any atom is -0.303 e. The third kappa shape index (κ3) is 9.15. The standard InChI is InChI=1S/C11H18O/c1-2-3-4-5-6-7-8-9-10-11-12/h3-4,7-8,11H,2,5-6,9-10H2,1H3/b4-3-,8-7-. The first-order valence-electron chi connectivity index (χ1n) is 4.65. The van der Waals surface area contributed by atoms with Crippen molar-refractivity contribution in [2.45, 2.75) is 39.0 Å². The van der Waals surface area contributed by atoms with Gasteiger partial charge in [0.05, 0.1) is 0 Å². The lowest BCUT2D eigenvalue weighted by Crippen LogP contribution is -1.71. The van der Waals surface area contributed by atoms with Gasteiger partial charge in [-0.3, -0.25) is 0 Å². The van der Waals surface area contributed by atoms with Gasteiger partial charge in [-0.2, -0.15) is 0 Å². The molecule has 0 heterocycles. The minimum absolute atomic E-state index is 0.654. The molecular formula is C11H18O. The lowest BCUT2D eigenvalue weighted by atomic mass is 10.2. The first-order valence-corrected chi connectivity index (χ1v) is 4.65. The zero-order valence-corrected chi connectivity index (χ0v) is 7.83. The zero-order valence-electron chi connectivity index (χ0n) is 7.83. The molecule has 0 saturated heterocycles. The number of allylic oxidation sites excluding steroid dienone is 4. The fourth-order valence-electron chi connectivity index (χ4n) is 0.877. The Balaban J connectivity index is 3.12. The topological polar surface area (TPSA) is 17.1 Å². The van der Waals surface area contributed by atoms with Crippen molar-refractivity contribution in [3.63, 3.8) is 0 Å². The second kappa shape index (κ2) is 10.2. The molecule has 0 spiro atoms. The molecule has 0 saturated carbocycles. The molecule has 0 aliphatic rings. The van der Waals surface area contributed by atoms with Gasteiger partial charge >= 0.3 is 0 Å². The van der Waals surface area contributed by atoms with Gasteiger partial charge in [-0.25, -0.2) is 0 Å². The second-order valence-electron chi connectivity index (χ2n) is 2.67. The van der Waals surface area contributed by atoms with Gasteiger partial charge in [-0.05, 0) is 25.7 Å². The average molecular weight is 166 g/mol. The minimum atomic E-state index is 0.654. The maximum Gasteiger partial charge on any atom is 0.120 e. The Labute approximate surface area is 75.2 Å². The zero-order chi connectivity index (χ0) is 9.07. The molecule has 0 N–H and O–H groups in total. The number of rotatable bonds is 7. The Morgan fingerprint density at radius 1 is 0.833 bits per heavy atom. The summed E-state index contributed by atoms with van der Waals surface area (Å²) in [6, 6.07) is 0. The summed E-state index contributed by atoms with van der Waals surface area (Å²) in [5.41, 5.74) is 0. The van der Waals surface area contributed by atoms with E-state index in [1.54, 1.807) is 0 Å². The van der Waals surface area contributed by atoms with Crippen LogP contribution in [0.5, 0.6) is 0 Å². The summed E-state index contributed by atoms with van der Waals surface area (Å²) in [5.74, 6) is 0. The highest BCUT2D eigenvalue weighted by atomic mass is 16.1. The number of carbonyl (C=O) groups is 1. The predicted molar refractivity (Wildman–Crippen MR) is 53.1 cm³/mol. The van der Waals surface area contributed by atoms with Crippen LogP contribution in [0.25, 0.3) is 0 Å². The van der Waals surface area contributed by atoms with Crippen LogP contribution in [0.1, 0.15) is 39.0 Å². The van der Waals surface area contributed by atoms with Gasteiger partial charge in [-0.1, -0.05) is 31.2 Å². The average Bonchev–Trinajstić information content (AvgIpc) is 2.10. The molecule has 68 valence electrons. The summed E-state index contributed by atoms with van der Waals surface area (Å²) < 4.78 is 0. The molecule has 0 aromatic rings. The lowest BCUT2D eigenvalue weighted by molar-refractivity contribution is -0.107. The van der Waals surface area contributed by atoms with Gasteiger partial charge in [0.2, 0.25) is 0 Å². The van der Waals surface area contributed by atoms with Crippen LogP contribution in [-0.4, -0.2) is 6.29 Å². The number of hydrogen-bond acceptors (Lipinski definition) is 1. The predicted octanol–water partition coefficient (Wildman–Crippen LogP) is 3.27. The van der Waals surface area contributed by atoms with Gasteiger partial charge in [0.1, 0.15) is 6.29 Å². The normalized spacial score (nSPS) is 11.4. The van der Waals surface area contributed by atoms with Crippen molar-refractivity contribution in [2.75, 3.05) is 0 Å². The highest BCUT2D eigenvalue weighted by Gasteiger charge is 1.78. The number of carbonyl (C=O) groups excluding carboxylic acids is 1. The van der Waals surface area contributed by atoms with Crippen molar-refractivity contribution in [2.24, 2.45) is 0 Å². The Kier molecular flexibility index (Phi) is 9.43. The molecule has 0 aliphatic carbocycles. The summed E-state index contributed by atoms with van der Waals surface area (Å²) in [6.07, 6.45) is 14.4. The van der Waals surface area contributed by atoms with Crippen LogP contribution in [0.15, 0.2) is 24.3 Å². The molecule has 0 rings (SSSR count). The van der Waals surface area contributed by atoms with Gasteiger partial charge in [0.15, 0.2) is 0 Å². The maximum atomic E-state index is 9.93. The van der Waals surface area contributed by atoms with Crippen molar-refractivity contribution in [1.82, 2.24) is 0 Å². The van der Waals surface area contributed by atoms with E-state index >= 15 is 0 Å². The molecule has 0 amide bonds. The van der Waals surface area contributed by atoms with Crippen LogP contribution in [-0.2, 0) is 4.79 Å². The lowest BCUT2D eigenvalue weighted by Gasteiger charge is -1.86. The first-order chi connectivity index (χ1) is 5.91. The molecule has 0 aromatic heterocycles. The van der Waals surface area contributed by atoms with Gasteiger partial charge < -0.3 is 4.79 Å². The van der Waals surface area contributed by atoms with Crippen molar-refractivity contribution < 1.29 is 4.79 Å². The van der Waals surface area contributed by atoms with Gasteiger partial charge in [0, 0.05) is 6.42 Å². The van der Waals surface area contributed by atoms with Crippen LogP contribution >= 0.6 is 0 Å². The van der Waals surface area contributed by atoms with Crippen LogP contribution < -0.4 is 0 Å². The van der Waals surface area contributed by atoms with Crippen LogP contribution in [0.2, 0.25) is 0 Å². The Bertz CT molecular complexity index is 145. The molecule has 0 aromatic carbocycles. The molecule has 0 radical (unpaired) electrons.